The molecule has 2 aliphatic rings. The summed E-state index contributed by atoms with van der Waals surface area (Å²) in [7, 11) is 0. The van der Waals surface area contributed by atoms with Crippen LogP contribution >= 0.6 is 0 Å². The Morgan fingerprint density at radius 1 is 1.33 bits per heavy atom. The van der Waals surface area contributed by atoms with Crippen molar-refractivity contribution in [1.29, 1.82) is 0 Å². The molecule has 2 aliphatic heterocycles. The molecule has 3 rings (SSSR count). The first-order chi connectivity index (χ1) is 10.1. The molecule has 1 aromatic heterocycles. The minimum absolute atomic E-state index is 0.00590. The van der Waals surface area contributed by atoms with Gasteiger partial charge in [-0.25, -0.2) is 0 Å². The molecule has 0 bridgehead atoms. The molecule has 3 heterocycles. The van der Waals surface area contributed by atoms with E-state index in [1.54, 1.807) is 0 Å². The molecule has 1 aromatic rings. The summed E-state index contributed by atoms with van der Waals surface area (Å²) in [5.41, 5.74) is 0. The van der Waals surface area contributed by atoms with Gasteiger partial charge in [-0.15, -0.1) is 0 Å². The van der Waals surface area contributed by atoms with Gasteiger partial charge in [0.15, 0.2) is 5.76 Å². The van der Waals surface area contributed by atoms with E-state index in [0.717, 1.165) is 25.4 Å². The lowest BCUT2D eigenvalue weighted by molar-refractivity contribution is 0.0685. The highest BCUT2D eigenvalue weighted by Crippen LogP contribution is 2.22. The van der Waals surface area contributed by atoms with Crippen molar-refractivity contribution in [3.8, 4) is 0 Å². The molecule has 0 N–H and O–H groups in total. The van der Waals surface area contributed by atoms with Gasteiger partial charge in [-0.05, 0) is 44.0 Å². The van der Waals surface area contributed by atoms with Gasteiger partial charge in [0.2, 0.25) is 0 Å². The van der Waals surface area contributed by atoms with E-state index >= 15 is 0 Å². The number of furan rings is 1. The Labute approximate surface area is 126 Å². The Balaban J connectivity index is 1.66. The molecule has 114 valence electrons. The summed E-state index contributed by atoms with van der Waals surface area (Å²) in [6.45, 7) is 8.05. The third-order valence-corrected chi connectivity index (χ3v) is 4.39. The molecule has 1 saturated heterocycles. The summed E-state index contributed by atoms with van der Waals surface area (Å²) in [5, 5.41) is 0. The first-order valence-electron chi connectivity index (χ1n) is 7.94. The number of carbonyl (C=O) groups is 1. The van der Waals surface area contributed by atoms with Crippen LogP contribution in [0.25, 0.3) is 0 Å². The highest BCUT2D eigenvalue weighted by Gasteiger charge is 2.29. The predicted octanol–water partition coefficient (Wildman–Crippen LogP) is 2.91. The zero-order chi connectivity index (χ0) is 14.8. The summed E-state index contributed by atoms with van der Waals surface area (Å²) in [6, 6.07) is 3.95. The Morgan fingerprint density at radius 2 is 2.10 bits per heavy atom. The molecule has 0 radical (unpaired) electrons. The van der Waals surface area contributed by atoms with Gasteiger partial charge in [0.1, 0.15) is 5.76 Å². The van der Waals surface area contributed by atoms with Crippen LogP contribution in [0.2, 0.25) is 0 Å². The fourth-order valence-corrected chi connectivity index (χ4v) is 3.22. The molecule has 4 nitrogen and oxygen atoms in total. The van der Waals surface area contributed by atoms with Crippen molar-refractivity contribution < 1.29 is 9.21 Å². The SMILES string of the molecule is CC(C)C1C=CCN1C(=O)c1ccc(CN2CCCC2)o1. The van der Waals surface area contributed by atoms with Crippen molar-refractivity contribution in [2.24, 2.45) is 5.92 Å². The van der Waals surface area contributed by atoms with Crippen LogP contribution in [0.15, 0.2) is 28.7 Å². The quantitative estimate of drug-likeness (QED) is 0.799. The van der Waals surface area contributed by atoms with E-state index in [2.05, 4.69) is 30.9 Å². The van der Waals surface area contributed by atoms with Gasteiger partial charge in [-0.1, -0.05) is 26.0 Å². The molecule has 1 atom stereocenters. The van der Waals surface area contributed by atoms with E-state index in [4.69, 9.17) is 4.42 Å². The molecule has 0 spiro atoms. The monoisotopic (exact) mass is 288 g/mol. The van der Waals surface area contributed by atoms with Crippen LogP contribution in [0.3, 0.4) is 0 Å². The summed E-state index contributed by atoms with van der Waals surface area (Å²) in [5.74, 6) is 1.80. The number of nitrogens with zero attached hydrogens (tertiary/aromatic N) is 2. The fourth-order valence-electron chi connectivity index (χ4n) is 3.22. The molecule has 4 heteroatoms. The van der Waals surface area contributed by atoms with Crippen LogP contribution in [-0.4, -0.2) is 41.4 Å². The summed E-state index contributed by atoms with van der Waals surface area (Å²) < 4.78 is 5.79. The van der Waals surface area contributed by atoms with Crippen LogP contribution in [0.1, 0.15) is 43.0 Å². The normalized spacial score (nSPS) is 22.6. The number of carbonyl (C=O) groups excluding carboxylic acids is 1. The average Bonchev–Trinajstić information content (AvgIpc) is 3.19. The third kappa shape index (κ3) is 3.05. The summed E-state index contributed by atoms with van der Waals surface area (Å²) in [6.07, 6.45) is 6.72. The molecule has 21 heavy (non-hydrogen) atoms. The van der Waals surface area contributed by atoms with Gasteiger partial charge >= 0.3 is 0 Å². The smallest absolute Gasteiger partial charge is 0.290 e. The molecule has 1 fully saturated rings. The predicted molar refractivity (Wildman–Crippen MR) is 82.0 cm³/mol. The molecular formula is C17H24N2O2. The molecule has 0 aliphatic carbocycles. The Kier molecular flexibility index (Phi) is 4.15. The first-order valence-corrected chi connectivity index (χ1v) is 7.94. The standard InChI is InChI=1S/C17H24N2O2/c1-13(2)15-6-5-11-19(15)17(20)16-8-7-14(21-16)12-18-9-3-4-10-18/h5-8,13,15H,3-4,9-12H2,1-2H3. The maximum absolute atomic E-state index is 12.6. The van der Waals surface area contributed by atoms with E-state index in [1.807, 2.05) is 17.0 Å². The topological polar surface area (TPSA) is 36.7 Å². The largest absolute Gasteiger partial charge is 0.455 e. The molecule has 0 aromatic carbocycles. The van der Waals surface area contributed by atoms with Crippen LogP contribution in [-0.2, 0) is 6.54 Å². The second-order valence-electron chi connectivity index (χ2n) is 6.37. The van der Waals surface area contributed by atoms with Gasteiger partial charge in [-0.3, -0.25) is 9.69 Å². The minimum Gasteiger partial charge on any atom is -0.455 e. The van der Waals surface area contributed by atoms with Crippen molar-refractivity contribution >= 4 is 5.91 Å². The lowest BCUT2D eigenvalue weighted by atomic mass is 10.0. The second kappa shape index (κ2) is 6.06. The highest BCUT2D eigenvalue weighted by atomic mass is 16.4. The maximum atomic E-state index is 12.6. The van der Waals surface area contributed by atoms with Crippen molar-refractivity contribution in [1.82, 2.24) is 9.80 Å². The van der Waals surface area contributed by atoms with E-state index in [-0.39, 0.29) is 11.9 Å². The van der Waals surface area contributed by atoms with Crippen molar-refractivity contribution in [2.45, 2.75) is 39.3 Å². The number of hydrogen-bond acceptors (Lipinski definition) is 3. The van der Waals surface area contributed by atoms with Gasteiger partial charge in [0, 0.05) is 6.54 Å². The van der Waals surface area contributed by atoms with E-state index in [1.165, 1.54) is 12.8 Å². The first kappa shape index (κ1) is 14.4. The lowest BCUT2D eigenvalue weighted by Gasteiger charge is -2.26. The van der Waals surface area contributed by atoms with Gasteiger partial charge < -0.3 is 9.32 Å². The number of hydrogen-bond donors (Lipinski definition) is 0. The van der Waals surface area contributed by atoms with E-state index in [0.29, 0.717) is 18.2 Å². The van der Waals surface area contributed by atoms with Crippen molar-refractivity contribution in [3.05, 3.63) is 35.8 Å². The van der Waals surface area contributed by atoms with Gasteiger partial charge in [0.25, 0.3) is 5.91 Å². The zero-order valence-electron chi connectivity index (χ0n) is 12.9. The number of likely N-dealkylation sites (tertiary alicyclic amines) is 1. The Bertz CT molecular complexity index is 527. The van der Waals surface area contributed by atoms with Crippen molar-refractivity contribution in [2.75, 3.05) is 19.6 Å². The fraction of sp³-hybridized carbons (Fsp3) is 0.588. The molecule has 1 amide bonds. The number of amides is 1. The summed E-state index contributed by atoms with van der Waals surface area (Å²) >= 11 is 0. The van der Waals surface area contributed by atoms with E-state index < -0.39 is 0 Å². The summed E-state index contributed by atoms with van der Waals surface area (Å²) in [4.78, 5) is 16.9. The zero-order valence-corrected chi connectivity index (χ0v) is 12.9. The van der Waals surface area contributed by atoms with Crippen LogP contribution in [0, 0.1) is 5.92 Å². The van der Waals surface area contributed by atoms with Crippen LogP contribution in [0.5, 0.6) is 0 Å². The van der Waals surface area contributed by atoms with Crippen LogP contribution in [0.4, 0.5) is 0 Å². The Hall–Kier alpha value is -1.55. The van der Waals surface area contributed by atoms with Gasteiger partial charge in [0.05, 0.1) is 12.6 Å². The van der Waals surface area contributed by atoms with Crippen molar-refractivity contribution in [3.63, 3.8) is 0 Å². The average molecular weight is 288 g/mol. The van der Waals surface area contributed by atoms with Crippen LogP contribution < -0.4 is 0 Å². The lowest BCUT2D eigenvalue weighted by Crippen LogP contribution is -2.38. The second-order valence-corrected chi connectivity index (χ2v) is 6.37. The van der Waals surface area contributed by atoms with Gasteiger partial charge in [-0.2, -0.15) is 0 Å². The van der Waals surface area contributed by atoms with E-state index in [9.17, 15) is 4.79 Å². The third-order valence-electron chi connectivity index (χ3n) is 4.39. The Morgan fingerprint density at radius 3 is 2.81 bits per heavy atom. The number of rotatable bonds is 4. The highest BCUT2D eigenvalue weighted by molar-refractivity contribution is 5.92. The minimum atomic E-state index is 0.00590. The maximum Gasteiger partial charge on any atom is 0.290 e. The molecular weight excluding hydrogens is 264 g/mol. The molecule has 1 unspecified atom stereocenters. The molecule has 0 saturated carbocycles.